The zero-order valence-electron chi connectivity index (χ0n) is 11.3. The van der Waals surface area contributed by atoms with Crippen LogP contribution >= 0.6 is 0 Å². The maximum absolute atomic E-state index is 10.6. The van der Waals surface area contributed by atoms with Crippen molar-refractivity contribution < 1.29 is 14.6 Å². The maximum Gasteiger partial charge on any atom is 0.119 e. The Kier molecular flexibility index (Phi) is 4.60. The minimum Gasteiger partial charge on any atom is -0.545 e. The van der Waals surface area contributed by atoms with E-state index in [4.69, 9.17) is 4.74 Å². The van der Waals surface area contributed by atoms with Crippen molar-refractivity contribution in [3.63, 3.8) is 0 Å². The molecule has 2 aromatic rings. The van der Waals surface area contributed by atoms with Crippen molar-refractivity contribution in [3.05, 3.63) is 59.7 Å². The topological polar surface area (TPSA) is 61.4 Å². The van der Waals surface area contributed by atoms with Crippen LogP contribution in [-0.4, -0.2) is 12.6 Å². The quantitative estimate of drug-likeness (QED) is 0.872. The summed E-state index contributed by atoms with van der Waals surface area (Å²) in [7, 11) is 0. The van der Waals surface area contributed by atoms with Crippen LogP contribution < -0.4 is 15.2 Å². The van der Waals surface area contributed by atoms with Gasteiger partial charge in [-0.15, -0.1) is 0 Å². The van der Waals surface area contributed by atoms with E-state index in [0.29, 0.717) is 13.2 Å². The second-order valence-corrected chi connectivity index (χ2v) is 4.30. The van der Waals surface area contributed by atoms with Crippen molar-refractivity contribution in [2.45, 2.75) is 13.5 Å². The molecule has 4 nitrogen and oxygen atoms in total. The van der Waals surface area contributed by atoms with Gasteiger partial charge in [-0.1, -0.05) is 24.3 Å². The van der Waals surface area contributed by atoms with Gasteiger partial charge in [-0.25, -0.2) is 0 Å². The lowest BCUT2D eigenvalue weighted by molar-refractivity contribution is -0.255. The Balaban J connectivity index is 1.92. The molecule has 0 radical (unpaired) electrons. The molecule has 0 aliphatic heterocycles. The van der Waals surface area contributed by atoms with Crippen LogP contribution in [0.4, 0.5) is 5.69 Å². The summed E-state index contributed by atoms with van der Waals surface area (Å²) in [5.41, 5.74) is 2.16. The number of rotatable bonds is 6. The molecule has 0 aromatic heterocycles. The van der Waals surface area contributed by atoms with Crippen molar-refractivity contribution in [3.8, 4) is 5.75 Å². The normalized spacial score (nSPS) is 10.1. The van der Waals surface area contributed by atoms with Gasteiger partial charge in [0, 0.05) is 12.2 Å². The van der Waals surface area contributed by atoms with Gasteiger partial charge in [-0.3, -0.25) is 0 Å². The molecule has 0 fully saturated rings. The van der Waals surface area contributed by atoms with E-state index in [1.807, 2.05) is 31.2 Å². The molecule has 2 aromatic carbocycles. The van der Waals surface area contributed by atoms with Crippen LogP contribution in [0, 0.1) is 0 Å². The zero-order valence-corrected chi connectivity index (χ0v) is 11.3. The average molecular weight is 270 g/mol. The third-order valence-corrected chi connectivity index (χ3v) is 2.85. The Morgan fingerprint density at radius 1 is 1.10 bits per heavy atom. The van der Waals surface area contributed by atoms with Gasteiger partial charge in [-0.2, -0.15) is 0 Å². The van der Waals surface area contributed by atoms with Gasteiger partial charge in [0.1, 0.15) is 5.75 Å². The molecule has 0 saturated heterocycles. The SMILES string of the molecule is CCOc1ccc(CNc2ccc(C(=O)[O-])cc2)cc1. The molecule has 0 saturated carbocycles. The standard InChI is InChI=1S/C16H17NO3/c1-2-20-15-9-3-12(4-10-15)11-17-14-7-5-13(6-8-14)16(18)19/h3-10,17H,2,11H2,1H3,(H,18,19)/p-1. The molecule has 2 rings (SSSR count). The smallest absolute Gasteiger partial charge is 0.119 e. The van der Waals surface area contributed by atoms with E-state index in [1.54, 1.807) is 12.1 Å². The summed E-state index contributed by atoms with van der Waals surface area (Å²) >= 11 is 0. The second-order valence-electron chi connectivity index (χ2n) is 4.30. The number of carboxylic acids is 1. The molecule has 0 heterocycles. The number of aromatic carboxylic acids is 1. The van der Waals surface area contributed by atoms with E-state index in [0.717, 1.165) is 17.0 Å². The number of anilines is 1. The largest absolute Gasteiger partial charge is 0.545 e. The van der Waals surface area contributed by atoms with E-state index in [1.165, 1.54) is 12.1 Å². The molecule has 0 atom stereocenters. The number of ether oxygens (including phenoxy) is 1. The predicted octanol–water partition coefficient (Wildman–Crippen LogP) is 2.06. The fourth-order valence-electron chi connectivity index (χ4n) is 1.80. The number of carbonyl (C=O) groups excluding carboxylic acids is 1. The van der Waals surface area contributed by atoms with Crippen molar-refractivity contribution >= 4 is 11.7 Å². The zero-order chi connectivity index (χ0) is 14.4. The highest BCUT2D eigenvalue weighted by atomic mass is 16.5. The molecule has 0 amide bonds. The van der Waals surface area contributed by atoms with Gasteiger partial charge in [0.2, 0.25) is 0 Å². The van der Waals surface area contributed by atoms with Crippen LogP contribution in [0.1, 0.15) is 22.8 Å². The Bertz CT molecular complexity index is 561. The summed E-state index contributed by atoms with van der Waals surface area (Å²) in [4.78, 5) is 10.6. The van der Waals surface area contributed by atoms with Crippen LogP contribution in [-0.2, 0) is 6.54 Å². The number of nitrogens with one attached hydrogen (secondary N) is 1. The summed E-state index contributed by atoms with van der Waals surface area (Å²) in [6.07, 6.45) is 0. The molecule has 0 aliphatic rings. The maximum atomic E-state index is 10.6. The van der Waals surface area contributed by atoms with Gasteiger partial charge in [0.05, 0.1) is 12.6 Å². The summed E-state index contributed by atoms with van der Waals surface area (Å²) in [5, 5.41) is 13.9. The summed E-state index contributed by atoms with van der Waals surface area (Å²) in [5.74, 6) is -0.308. The fraction of sp³-hybridized carbons (Fsp3) is 0.188. The minimum atomic E-state index is -1.16. The molecule has 0 unspecified atom stereocenters. The van der Waals surface area contributed by atoms with E-state index in [2.05, 4.69) is 5.32 Å². The molecule has 1 N–H and O–H groups in total. The van der Waals surface area contributed by atoms with Crippen LogP contribution in [0.5, 0.6) is 5.75 Å². The van der Waals surface area contributed by atoms with Gasteiger partial charge in [0.25, 0.3) is 0 Å². The highest BCUT2D eigenvalue weighted by Crippen LogP contribution is 2.14. The highest BCUT2D eigenvalue weighted by molar-refractivity contribution is 5.86. The number of carbonyl (C=O) groups is 1. The monoisotopic (exact) mass is 270 g/mol. The summed E-state index contributed by atoms with van der Waals surface area (Å²) in [6, 6.07) is 14.3. The molecule has 0 aliphatic carbocycles. The van der Waals surface area contributed by atoms with Crippen LogP contribution in [0.15, 0.2) is 48.5 Å². The average Bonchev–Trinajstić information content (AvgIpc) is 2.47. The lowest BCUT2D eigenvalue weighted by Crippen LogP contribution is -2.21. The van der Waals surface area contributed by atoms with Crippen molar-refractivity contribution in [1.29, 1.82) is 0 Å². The first-order chi connectivity index (χ1) is 9.69. The predicted molar refractivity (Wildman–Crippen MR) is 75.7 cm³/mol. The van der Waals surface area contributed by atoms with E-state index in [-0.39, 0.29) is 5.56 Å². The Labute approximate surface area is 118 Å². The molecule has 0 spiro atoms. The number of hydrogen-bond acceptors (Lipinski definition) is 4. The van der Waals surface area contributed by atoms with Gasteiger partial charge < -0.3 is 20.0 Å². The first-order valence-electron chi connectivity index (χ1n) is 6.46. The molecule has 4 heteroatoms. The lowest BCUT2D eigenvalue weighted by atomic mass is 10.2. The van der Waals surface area contributed by atoms with Crippen molar-refractivity contribution in [2.75, 3.05) is 11.9 Å². The molecule has 0 bridgehead atoms. The highest BCUT2D eigenvalue weighted by Gasteiger charge is 1.97. The number of benzene rings is 2. The van der Waals surface area contributed by atoms with Crippen LogP contribution in [0.2, 0.25) is 0 Å². The Morgan fingerprint density at radius 3 is 2.30 bits per heavy atom. The van der Waals surface area contributed by atoms with Crippen LogP contribution in [0.3, 0.4) is 0 Å². The van der Waals surface area contributed by atoms with Gasteiger partial charge in [0.15, 0.2) is 0 Å². The summed E-state index contributed by atoms with van der Waals surface area (Å²) in [6.45, 7) is 3.27. The van der Waals surface area contributed by atoms with Crippen LogP contribution in [0.25, 0.3) is 0 Å². The third-order valence-electron chi connectivity index (χ3n) is 2.85. The van der Waals surface area contributed by atoms with Crippen molar-refractivity contribution in [1.82, 2.24) is 0 Å². The van der Waals surface area contributed by atoms with E-state index < -0.39 is 5.97 Å². The fourth-order valence-corrected chi connectivity index (χ4v) is 1.80. The number of carboxylic acid groups (broad SMARTS) is 1. The first kappa shape index (κ1) is 13.9. The second kappa shape index (κ2) is 6.61. The van der Waals surface area contributed by atoms with E-state index in [9.17, 15) is 9.90 Å². The van der Waals surface area contributed by atoms with Crippen molar-refractivity contribution in [2.24, 2.45) is 0 Å². The molecular weight excluding hydrogens is 254 g/mol. The number of hydrogen-bond donors (Lipinski definition) is 1. The first-order valence-corrected chi connectivity index (χ1v) is 6.46. The minimum absolute atomic E-state index is 0.177. The molecular formula is C16H16NO3-. The Hall–Kier alpha value is -2.49. The van der Waals surface area contributed by atoms with E-state index >= 15 is 0 Å². The van der Waals surface area contributed by atoms with Gasteiger partial charge in [-0.05, 0) is 42.3 Å². The van der Waals surface area contributed by atoms with Gasteiger partial charge >= 0.3 is 0 Å². The lowest BCUT2D eigenvalue weighted by Gasteiger charge is -2.09. The Morgan fingerprint density at radius 2 is 1.75 bits per heavy atom. The molecule has 104 valence electrons. The molecule has 20 heavy (non-hydrogen) atoms. The summed E-state index contributed by atoms with van der Waals surface area (Å²) < 4.78 is 5.38. The third kappa shape index (κ3) is 3.75.